The van der Waals surface area contributed by atoms with Crippen LogP contribution >= 0.6 is 0 Å². The fourth-order valence-corrected chi connectivity index (χ4v) is 7.46. The third-order valence-electron chi connectivity index (χ3n) is 10.4. The van der Waals surface area contributed by atoms with E-state index in [0.29, 0.717) is 63.1 Å². The molecule has 2 aromatic carbocycles. The minimum absolute atomic E-state index is 0.0158. The Morgan fingerprint density at radius 1 is 0.906 bits per heavy atom. The average molecular weight is 717 g/mol. The summed E-state index contributed by atoms with van der Waals surface area (Å²) in [5.41, 5.74) is 10.6. The molecule has 53 heavy (non-hydrogen) atoms. The van der Waals surface area contributed by atoms with E-state index < -0.39 is 5.41 Å². The van der Waals surface area contributed by atoms with Gasteiger partial charge in [0.25, 0.3) is 0 Å². The monoisotopic (exact) mass is 716 g/mol. The molecule has 4 N–H and O–H groups in total. The minimum Gasteiger partial charge on any atom is -0.384 e. The van der Waals surface area contributed by atoms with Gasteiger partial charge in [-0.3, -0.25) is 19.6 Å². The van der Waals surface area contributed by atoms with Crippen molar-refractivity contribution in [3.63, 3.8) is 0 Å². The lowest BCUT2D eigenvalue weighted by molar-refractivity contribution is -0.133. The Kier molecular flexibility index (Phi) is 11.2. The van der Waals surface area contributed by atoms with Crippen LogP contribution in [0.3, 0.4) is 0 Å². The molecular formula is C40H48N10O3. The molecule has 7 rings (SSSR count). The van der Waals surface area contributed by atoms with Crippen LogP contribution in [0.15, 0.2) is 79.3 Å². The van der Waals surface area contributed by atoms with E-state index in [-0.39, 0.29) is 11.8 Å². The second-order valence-electron chi connectivity index (χ2n) is 14.1. The van der Waals surface area contributed by atoms with E-state index in [0.717, 1.165) is 78.8 Å². The van der Waals surface area contributed by atoms with Gasteiger partial charge >= 0.3 is 0 Å². The molecule has 13 heteroatoms. The van der Waals surface area contributed by atoms with Crippen LogP contribution in [0, 0.1) is 5.41 Å². The molecule has 1 atom stereocenters. The molecule has 13 nitrogen and oxygen atoms in total. The summed E-state index contributed by atoms with van der Waals surface area (Å²) in [4.78, 5) is 47.1. The highest BCUT2D eigenvalue weighted by Crippen LogP contribution is 2.38. The molecule has 5 heterocycles. The highest BCUT2D eigenvalue weighted by molar-refractivity contribution is 6.00. The summed E-state index contributed by atoms with van der Waals surface area (Å²) in [6.07, 6.45) is 9.31. The number of rotatable bonds is 14. The summed E-state index contributed by atoms with van der Waals surface area (Å²) in [5, 5.41) is 11.7. The topological polar surface area (TPSA) is 158 Å². The first-order valence-corrected chi connectivity index (χ1v) is 18.6. The fourth-order valence-electron chi connectivity index (χ4n) is 7.46. The van der Waals surface area contributed by atoms with Crippen LogP contribution < -0.4 is 16.0 Å². The smallest absolute Gasteiger partial charge is 0.236 e. The Labute approximate surface area is 310 Å². The molecular weight excluding hydrogens is 669 g/mol. The summed E-state index contributed by atoms with van der Waals surface area (Å²) in [7, 11) is 0. The van der Waals surface area contributed by atoms with Crippen LogP contribution in [0.2, 0.25) is 0 Å². The highest BCUT2D eigenvalue weighted by atomic mass is 16.5. The molecule has 2 amide bonds. The largest absolute Gasteiger partial charge is 0.384 e. The lowest BCUT2D eigenvalue weighted by atomic mass is 9.80. The standard InChI is InChI=1S/C40H48N10O3/c1-2-23-53-24-4-3-13-40(39(52)45-31-8-11-34-33(26-31)37(47-46-34)30-12-17-42-35(41)25-30)14-18-48(28-40)27-36(51)50-21-19-49(20-22-50)32-9-6-29(7-10-32)38-43-15-5-16-44-38/h5-12,15-17,25-26H,2-4,13-14,18-24,27-28H2,1H3,(H2,41,42)(H,45,52)(H,46,47). The van der Waals surface area contributed by atoms with Crippen LogP contribution in [-0.4, -0.2) is 106 Å². The molecule has 0 bridgehead atoms. The predicted octanol–water partition coefficient (Wildman–Crippen LogP) is 5.24. The van der Waals surface area contributed by atoms with E-state index >= 15 is 0 Å². The molecule has 276 valence electrons. The van der Waals surface area contributed by atoms with Gasteiger partial charge in [-0.15, -0.1) is 0 Å². The number of carbonyl (C=O) groups is 2. The fraction of sp³-hybridized carbons (Fsp3) is 0.400. The molecule has 0 aliphatic carbocycles. The Bertz CT molecular complexity index is 2000. The van der Waals surface area contributed by atoms with E-state index in [4.69, 9.17) is 10.5 Å². The van der Waals surface area contributed by atoms with Crippen molar-refractivity contribution in [1.82, 2.24) is 34.9 Å². The lowest BCUT2D eigenvalue weighted by Gasteiger charge is -2.37. The van der Waals surface area contributed by atoms with Gasteiger partial charge in [0, 0.05) is 92.4 Å². The zero-order chi connectivity index (χ0) is 36.6. The maximum Gasteiger partial charge on any atom is 0.236 e. The number of amides is 2. The predicted molar refractivity (Wildman–Crippen MR) is 207 cm³/mol. The first-order chi connectivity index (χ1) is 25.9. The lowest BCUT2D eigenvalue weighted by Crippen LogP contribution is -2.51. The van der Waals surface area contributed by atoms with Crippen molar-refractivity contribution in [1.29, 1.82) is 0 Å². The SMILES string of the molecule is CCCOCCCCC1(C(=O)Nc2ccc3[nH]nc(-c4ccnc(N)c4)c3c2)CCN(CC(=O)N2CCN(c3ccc(-c4ncccn4)cc3)CC2)C1. The number of unbranched alkanes of at least 4 members (excludes halogenated alkanes) is 1. The van der Waals surface area contributed by atoms with Gasteiger partial charge in [0.2, 0.25) is 11.8 Å². The average Bonchev–Trinajstić information content (AvgIpc) is 3.81. The van der Waals surface area contributed by atoms with Crippen molar-refractivity contribution in [3.05, 3.63) is 79.3 Å². The number of hydrogen-bond acceptors (Lipinski definition) is 10. The zero-order valence-electron chi connectivity index (χ0n) is 30.3. The summed E-state index contributed by atoms with van der Waals surface area (Å²) in [6, 6.07) is 19.5. The first-order valence-electron chi connectivity index (χ1n) is 18.6. The van der Waals surface area contributed by atoms with Crippen molar-refractivity contribution < 1.29 is 14.3 Å². The Morgan fingerprint density at radius 2 is 1.72 bits per heavy atom. The van der Waals surface area contributed by atoms with Gasteiger partial charge in [-0.2, -0.15) is 5.10 Å². The molecule has 1 unspecified atom stereocenters. The molecule has 2 saturated heterocycles. The van der Waals surface area contributed by atoms with Gasteiger partial charge in [0.1, 0.15) is 11.5 Å². The quantitative estimate of drug-likeness (QED) is 0.130. The van der Waals surface area contributed by atoms with E-state index in [1.54, 1.807) is 24.7 Å². The van der Waals surface area contributed by atoms with E-state index in [1.165, 1.54) is 0 Å². The number of nitrogens with two attached hydrogens (primary N) is 1. The molecule has 3 aromatic heterocycles. The van der Waals surface area contributed by atoms with E-state index in [2.05, 4.69) is 59.3 Å². The van der Waals surface area contributed by atoms with Crippen molar-refractivity contribution >= 4 is 39.9 Å². The molecule has 0 radical (unpaired) electrons. The van der Waals surface area contributed by atoms with Crippen LogP contribution in [-0.2, 0) is 14.3 Å². The van der Waals surface area contributed by atoms with Crippen molar-refractivity contribution in [3.8, 4) is 22.6 Å². The Morgan fingerprint density at radius 3 is 2.49 bits per heavy atom. The molecule has 2 aliphatic heterocycles. The summed E-state index contributed by atoms with van der Waals surface area (Å²) >= 11 is 0. The van der Waals surface area contributed by atoms with E-state index in [1.807, 2.05) is 47.4 Å². The first kappa shape index (κ1) is 36.0. The number of anilines is 3. The number of pyridine rings is 1. The molecule has 0 spiro atoms. The minimum atomic E-state index is -0.617. The normalized spacial score (nSPS) is 17.8. The second-order valence-corrected chi connectivity index (χ2v) is 14.1. The van der Waals surface area contributed by atoms with Crippen LogP contribution in [0.1, 0.15) is 39.0 Å². The number of carbonyl (C=O) groups excluding carboxylic acids is 2. The number of likely N-dealkylation sites (tertiary alicyclic amines) is 1. The number of fused-ring (bicyclic) bond motifs is 1. The third kappa shape index (κ3) is 8.47. The van der Waals surface area contributed by atoms with Gasteiger partial charge in [-0.1, -0.05) is 13.3 Å². The number of aromatic amines is 1. The molecule has 2 fully saturated rings. The number of nitrogen functional groups attached to an aromatic ring is 1. The Balaban J connectivity index is 0.979. The second kappa shape index (κ2) is 16.5. The van der Waals surface area contributed by atoms with Gasteiger partial charge in [0.15, 0.2) is 5.82 Å². The number of nitrogens with zero attached hydrogens (tertiary/aromatic N) is 7. The number of piperazine rings is 1. The van der Waals surface area contributed by atoms with Gasteiger partial charge in [-0.05, 0) is 92.9 Å². The summed E-state index contributed by atoms with van der Waals surface area (Å²) in [5.74, 6) is 1.22. The molecule has 2 aliphatic rings. The van der Waals surface area contributed by atoms with Crippen molar-refractivity contribution in [2.45, 2.75) is 39.0 Å². The summed E-state index contributed by atoms with van der Waals surface area (Å²) in [6.45, 7) is 7.90. The highest BCUT2D eigenvalue weighted by Gasteiger charge is 2.44. The number of ether oxygens (including phenoxy) is 1. The number of aromatic nitrogens is 5. The number of benzene rings is 2. The number of hydrogen-bond donors (Lipinski definition) is 3. The van der Waals surface area contributed by atoms with Crippen molar-refractivity contribution in [2.24, 2.45) is 5.41 Å². The van der Waals surface area contributed by atoms with Gasteiger partial charge in [0.05, 0.1) is 17.5 Å². The molecule has 0 saturated carbocycles. The van der Waals surface area contributed by atoms with Gasteiger partial charge < -0.3 is 25.6 Å². The van der Waals surface area contributed by atoms with Crippen LogP contribution in [0.4, 0.5) is 17.2 Å². The van der Waals surface area contributed by atoms with Crippen LogP contribution in [0.5, 0.6) is 0 Å². The van der Waals surface area contributed by atoms with Crippen molar-refractivity contribution in [2.75, 3.05) is 75.0 Å². The van der Waals surface area contributed by atoms with Gasteiger partial charge in [-0.25, -0.2) is 15.0 Å². The van der Waals surface area contributed by atoms with Crippen LogP contribution in [0.25, 0.3) is 33.5 Å². The summed E-state index contributed by atoms with van der Waals surface area (Å²) < 4.78 is 5.73. The zero-order valence-corrected chi connectivity index (χ0v) is 30.3. The number of H-pyrrole nitrogens is 1. The van der Waals surface area contributed by atoms with E-state index in [9.17, 15) is 9.59 Å². The Hall–Kier alpha value is -5.40. The third-order valence-corrected chi connectivity index (χ3v) is 10.4. The maximum absolute atomic E-state index is 14.3. The maximum atomic E-state index is 14.3. The number of nitrogens with one attached hydrogen (secondary N) is 2. The molecule has 5 aromatic rings.